The molecule has 108 valence electrons. The molecule has 1 heterocycles. The average Bonchev–Trinajstić information content (AvgIpc) is 2.93. The minimum absolute atomic E-state index is 0.0182. The van der Waals surface area contributed by atoms with Gasteiger partial charge in [0.1, 0.15) is 18.4 Å². The van der Waals surface area contributed by atoms with Gasteiger partial charge in [-0.15, -0.1) is 0 Å². The molecule has 0 aliphatic heterocycles. The molecule has 0 spiro atoms. The molecule has 21 heavy (non-hydrogen) atoms. The fourth-order valence-electron chi connectivity index (χ4n) is 1.74. The Labute approximate surface area is 121 Å². The molecule has 2 aromatic rings. The summed E-state index contributed by atoms with van der Waals surface area (Å²) in [6.45, 7) is 0.577. The molecule has 0 atom stereocenters. The van der Waals surface area contributed by atoms with E-state index in [2.05, 4.69) is 15.7 Å². The summed E-state index contributed by atoms with van der Waals surface area (Å²) in [6, 6.07) is 6.18. The molecule has 1 aromatic carbocycles. The van der Waals surface area contributed by atoms with Gasteiger partial charge in [0, 0.05) is 19.8 Å². The lowest BCUT2D eigenvalue weighted by atomic mass is 10.1. The number of carbonyl (C=O) groups is 1. The molecule has 0 fully saturated rings. The number of anilines is 1. The zero-order chi connectivity index (χ0) is 15.2. The fraction of sp³-hybridized carbons (Fsp3) is 0.214. The first-order valence-electron chi connectivity index (χ1n) is 6.28. The molecule has 1 amide bonds. The summed E-state index contributed by atoms with van der Waals surface area (Å²) in [5.41, 5.74) is 1.54. The minimum Gasteiger partial charge on any atom is -0.378 e. The van der Waals surface area contributed by atoms with Crippen LogP contribution in [-0.4, -0.2) is 22.7 Å². The van der Waals surface area contributed by atoms with Crippen molar-refractivity contribution in [1.29, 1.82) is 5.26 Å². The number of halogens is 1. The van der Waals surface area contributed by atoms with E-state index < -0.39 is 5.82 Å². The third-order valence-electron chi connectivity index (χ3n) is 2.87. The first-order valence-corrected chi connectivity index (χ1v) is 6.28. The van der Waals surface area contributed by atoms with Gasteiger partial charge >= 0.3 is 0 Å². The molecule has 0 aliphatic rings. The zero-order valence-corrected chi connectivity index (χ0v) is 11.4. The molecule has 0 aliphatic carbocycles. The van der Waals surface area contributed by atoms with Crippen molar-refractivity contribution in [3.63, 3.8) is 0 Å². The van der Waals surface area contributed by atoms with E-state index in [1.165, 1.54) is 16.8 Å². The summed E-state index contributed by atoms with van der Waals surface area (Å²) < 4.78 is 14.7. The maximum Gasteiger partial charge on any atom is 0.241 e. The van der Waals surface area contributed by atoms with Crippen LogP contribution in [-0.2, 0) is 17.9 Å². The molecule has 0 radical (unpaired) electrons. The maximum atomic E-state index is 13.2. The SMILES string of the molecule is CNC(=O)Cn1cc(NCc2ccc(F)c(C#N)c2)cn1. The number of hydrogen-bond acceptors (Lipinski definition) is 4. The Morgan fingerprint density at radius 1 is 1.52 bits per heavy atom. The molecule has 1 aromatic heterocycles. The van der Waals surface area contributed by atoms with Gasteiger partial charge in [0.15, 0.2) is 0 Å². The van der Waals surface area contributed by atoms with Crippen LogP contribution < -0.4 is 10.6 Å². The number of amides is 1. The lowest BCUT2D eigenvalue weighted by Gasteiger charge is -2.04. The Morgan fingerprint density at radius 2 is 2.33 bits per heavy atom. The normalized spacial score (nSPS) is 9.95. The van der Waals surface area contributed by atoms with Crippen LogP contribution in [0.2, 0.25) is 0 Å². The number of benzene rings is 1. The second-order valence-electron chi connectivity index (χ2n) is 4.38. The smallest absolute Gasteiger partial charge is 0.241 e. The summed E-state index contributed by atoms with van der Waals surface area (Å²) >= 11 is 0. The van der Waals surface area contributed by atoms with E-state index in [-0.39, 0.29) is 18.0 Å². The molecule has 0 unspecified atom stereocenters. The van der Waals surface area contributed by atoms with E-state index in [9.17, 15) is 9.18 Å². The second kappa shape index (κ2) is 6.52. The Balaban J connectivity index is 1.97. The van der Waals surface area contributed by atoms with Crippen LogP contribution in [0.3, 0.4) is 0 Å². The number of carbonyl (C=O) groups excluding carboxylic acids is 1. The summed E-state index contributed by atoms with van der Waals surface area (Å²) in [6.07, 6.45) is 3.29. The van der Waals surface area contributed by atoms with Crippen molar-refractivity contribution in [3.8, 4) is 6.07 Å². The third kappa shape index (κ3) is 3.79. The van der Waals surface area contributed by atoms with Gasteiger partial charge in [-0.3, -0.25) is 9.48 Å². The van der Waals surface area contributed by atoms with Crippen LogP contribution in [0.5, 0.6) is 0 Å². The summed E-state index contributed by atoms with van der Waals surface area (Å²) in [5, 5.41) is 18.4. The minimum atomic E-state index is -0.528. The highest BCUT2D eigenvalue weighted by Gasteiger charge is 2.05. The maximum absolute atomic E-state index is 13.2. The van der Waals surface area contributed by atoms with Gasteiger partial charge in [-0.2, -0.15) is 10.4 Å². The molecule has 2 N–H and O–H groups in total. The number of aromatic nitrogens is 2. The number of nitrogens with zero attached hydrogens (tertiary/aromatic N) is 3. The first-order chi connectivity index (χ1) is 10.1. The van der Waals surface area contributed by atoms with E-state index in [0.29, 0.717) is 6.54 Å². The number of nitrogens with one attached hydrogen (secondary N) is 2. The zero-order valence-electron chi connectivity index (χ0n) is 11.4. The highest BCUT2D eigenvalue weighted by atomic mass is 19.1. The van der Waals surface area contributed by atoms with Gasteiger partial charge in [0.2, 0.25) is 5.91 Å². The Morgan fingerprint density at radius 3 is 3.05 bits per heavy atom. The molecule has 2 rings (SSSR count). The molecular weight excluding hydrogens is 273 g/mol. The van der Waals surface area contributed by atoms with Gasteiger partial charge < -0.3 is 10.6 Å². The van der Waals surface area contributed by atoms with Crippen molar-refractivity contribution in [3.05, 3.63) is 47.5 Å². The third-order valence-corrected chi connectivity index (χ3v) is 2.87. The highest BCUT2D eigenvalue weighted by molar-refractivity contribution is 5.75. The lowest BCUT2D eigenvalue weighted by molar-refractivity contribution is -0.121. The second-order valence-corrected chi connectivity index (χ2v) is 4.38. The molecular formula is C14H14FN5O. The van der Waals surface area contributed by atoms with Crippen molar-refractivity contribution in [2.75, 3.05) is 12.4 Å². The van der Waals surface area contributed by atoms with E-state index in [4.69, 9.17) is 5.26 Å². The van der Waals surface area contributed by atoms with Gasteiger partial charge in [0.05, 0.1) is 17.4 Å². The average molecular weight is 287 g/mol. The lowest BCUT2D eigenvalue weighted by Crippen LogP contribution is -2.23. The standard InChI is InChI=1S/C14H14FN5O/c1-17-14(21)9-20-8-12(7-19-20)18-6-10-2-3-13(15)11(4-10)5-16/h2-4,7-8,18H,6,9H2,1H3,(H,17,21). The molecule has 6 nitrogen and oxygen atoms in total. The molecule has 0 saturated carbocycles. The Hall–Kier alpha value is -2.88. The van der Waals surface area contributed by atoms with Crippen LogP contribution in [0.1, 0.15) is 11.1 Å². The van der Waals surface area contributed by atoms with Crippen LogP contribution in [0.15, 0.2) is 30.6 Å². The van der Waals surface area contributed by atoms with Gasteiger partial charge in [-0.1, -0.05) is 6.07 Å². The van der Waals surface area contributed by atoms with Crippen molar-refractivity contribution in [2.24, 2.45) is 0 Å². The Kier molecular flexibility index (Phi) is 4.51. The van der Waals surface area contributed by atoms with E-state index in [1.807, 2.05) is 0 Å². The molecule has 7 heteroatoms. The molecule has 0 bridgehead atoms. The van der Waals surface area contributed by atoms with Crippen molar-refractivity contribution < 1.29 is 9.18 Å². The topological polar surface area (TPSA) is 82.7 Å². The summed E-state index contributed by atoms with van der Waals surface area (Å²) in [7, 11) is 1.56. The first kappa shape index (κ1) is 14.5. The number of nitriles is 1. The number of hydrogen-bond donors (Lipinski definition) is 2. The van der Waals surface area contributed by atoms with Crippen molar-refractivity contribution in [2.45, 2.75) is 13.1 Å². The van der Waals surface area contributed by atoms with Crippen LogP contribution in [0.4, 0.5) is 10.1 Å². The van der Waals surface area contributed by atoms with E-state index >= 15 is 0 Å². The van der Waals surface area contributed by atoms with E-state index in [1.54, 1.807) is 31.6 Å². The fourth-order valence-corrected chi connectivity index (χ4v) is 1.74. The van der Waals surface area contributed by atoms with Crippen molar-refractivity contribution >= 4 is 11.6 Å². The van der Waals surface area contributed by atoms with Crippen LogP contribution >= 0.6 is 0 Å². The monoisotopic (exact) mass is 287 g/mol. The van der Waals surface area contributed by atoms with Gasteiger partial charge in [-0.25, -0.2) is 4.39 Å². The van der Waals surface area contributed by atoms with Gasteiger partial charge in [-0.05, 0) is 17.7 Å². The number of rotatable bonds is 5. The highest BCUT2D eigenvalue weighted by Crippen LogP contribution is 2.12. The van der Waals surface area contributed by atoms with Crippen molar-refractivity contribution in [1.82, 2.24) is 15.1 Å². The largest absolute Gasteiger partial charge is 0.378 e. The van der Waals surface area contributed by atoms with E-state index in [0.717, 1.165) is 11.3 Å². The summed E-state index contributed by atoms with van der Waals surface area (Å²) in [5.74, 6) is -0.665. The number of likely N-dealkylation sites (N-methyl/N-ethyl adjacent to an activating group) is 1. The molecule has 0 saturated heterocycles. The van der Waals surface area contributed by atoms with Crippen LogP contribution in [0, 0.1) is 17.1 Å². The Bertz CT molecular complexity index is 689. The van der Waals surface area contributed by atoms with Crippen LogP contribution in [0.25, 0.3) is 0 Å². The predicted molar refractivity (Wildman–Crippen MR) is 74.7 cm³/mol. The predicted octanol–water partition coefficient (Wildman–Crippen LogP) is 1.25. The van der Waals surface area contributed by atoms with Gasteiger partial charge in [0.25, 0.3) is 0 Å². The quantitative estimate of drug-likeness (QED) is 0.867. The summed E-state index contributed by atoms with van der Waals surface area (Å²) in [4.78, 5) is 11.2.